The van der Waals surface area contributed by atoms with E-state index in [0.29, 0.717) is 30.3 Å². The average molecular weight is 402 g/mol. The maximum absolute atomic E-state index is 12.7. The number of aromatic nitrogens is 2. The van der Waals surface area contributed by atoms with Crippen molar-refractivity contribution in [2.45, 2.75) is 62.2 Å². The molecule has 7 heteroatoms. The summed E-state index contributed by atoms with van der Waals surface area (Å²) >= 11 is 0. The Labute approximate surface area is 166 Å². The minimum atomic E-state index is -3.37. The van der Waals surface area contributed by atoms with Crippen LogP contribution in [-0.2, 0) is 22.7 Å². The van der Waals surface area contributed by atoms with Gasteiger partial charge in [-0.3, -0.25) is 0 Å². The lowest BCUT2D eigenvalue weighted by molar-refractivity contribution is 0.288. The van der Waals surface area contributed by atoms with E-state index in [9.17, 15) is 8.42 Å². The number of hydrogen-bond donors (Lipinski definition) is 2. The van der Waals surface area contributed by atoms with E-state index in [0.717, 1.165) is 42.8 Å². The van der Waals surface area contributed by atoms with Crippen LogP contribution in [0, 0.1) is 0 Å². The van der Waals surface area contributed by atoms with Gasteiger partial charge in [-0.2, -0.15) is 0 Å². The van der Waals surface area contributed by atoms with Crippen molar-refractivity contribution < 1.29 is 13.5 Å². The number of benzene rings is 1. The van der Waals surface area contributed by atoms with Crippen molar-refractivity contribution in [2.75, 3.05) is 17.7 Å². The minimum Gasteiger partial charge on any atom is -0.396 e. The summed E-state index contributed by atoms with van der Waals surface area (Å²) in [5, 5.41) is 12.2. The third-order valence-electron chi connectivity index (χ3n) is 5.65. The lowest BCUT2D eigenvalue weighted by atomic mass is 10.1. The van der Waals surface area contributed by atoms with E-state index in [2.05, 4.69) is 10.3 Å². The summed E-state index contributed by atoms with van der Waals surface area (Å²) in [5.74, 6) is 1.70. The predicted octanol–water partition coefficient (Wildman–Crippen LogP) is 3.52. The van der Waals surface area contributed by atoms with Crippen LogP contribution in [0.1, 0.15) is 61.5 Å². The van der Waals surface area contributed by atoms with Gasteiger partial charge in [-0.25, -0.2) is 18.4 Å². The van der Waals surface area contributed by atoms with Gasteiger partial charge in [0.05, 0.1) is 11.4 Å². The van der Waals surface area contributed by atoms with Gasteiger partial charge in [-0.15, -0.1) is 0 Å². The van der Waals surface area contributed by atoms with Gasteiger partial charge >= 0.3 is 0 Å². The second kappa shape index (κ2) is 8.17. The molecule has 1 aromatic heterocycles. The van der Waals surface area contributed by atoms with E-state index in [1.807, 2.05) is 24.3 Å². The molecule has 1 aliphatic heterocycles. The standard InChI is InChI=1S/C21H27N3O3S/c25-13-3-5-15-9-11-17(12-10-15)22-21-19-18(8-4-14-28(19,26)27)23-20(24-21)16-6-1-2-7-16/h9-12,16,25H,1-8,13-14H2,(H,22,23,24). The van der Waals surface area contributed by atoms with E-state index in [4.69, 9.17) is 10.1 Å². The molecule has 1 fully saturated rings. The molecule has 2 aromatic rings. The van der Waals surface area contributed by atoms with Crippen LogP contribution >= 0.6 is 0 Å². The minimum absolute atomic E-state index is 0.154. The first kappa shape index (κ1) is 19.3. The van der Waals surface area contributed by atoms with Gasteiger partial charge in [0, 0.05) is 18.2 Å². The average Bonchev–Trinajstić information content (AvgIpc) is 3.21. The van der Waals surface area contributed by atoms with E-state index < -0.39 is 9.84 Å². The van der Waals surface area contributed by atoms with Crippen molar-refractivity contribution in [1.29, 1.82) is 0 Å². The van der Waals surface area contributed by atoms with Crippen molar-refractivity contribution in [3.8, 4) is 0 Å². The molecule has 28 heavy (non-hydrogen) atoms. The topological polar surface area (TPSA) is 92.2 Å². The largest absolute Gasteiger partial charge is 0.396 e. The first-order valence-corrected chi connectivity index (χ1v) is 11.8. The van der Waals surface area contributed by atoms with Crippen LogP contribution < -0.4 is 5.32 Å². The molecule has 0 bridgehead atoms. The first-order chi connectivity index (χ1) is 13.6. The lowest BCUT2D eigenvalue weighted by Crippen LogP contribution is -2.22. The summed E-state index contributed by atoms with van der Waals surface area (Å²) in [4.78, 5) is 9.67. The van der Waals surface area contributed by atoms with Gasteiger partial charge in [0.25, 0.3) is 0 Å². The van der Waals surface area contributed by atoms with Crippen molar-refractivity contribution in [1.82, 2.24) is 9.97 Å². The molecule has 0 radical (unpaired) electrons. The number of aryl methyl sites for hydroxylation is 2. The maximum Gasteiger partial charge on any atom is 0.183 e. The third-order valence-corrected chi connectivity index (χ3v) is 7.53. The predicted molar refractivity (Wildman–Crippen MR) is 109 cm³/mol. The molecule has 1 aliphatic carbocycles. The molecule has 2 N–H and O–H groups in total. The molecular formula is C21H27N3O3S. The molecule has 1 saturated carbocycles. The van der Waals surface area contributed by atoms with Gasteiger partial charge in [-0.05, 0) is 56.2 Å². The maximum atomic E-state index is 12.7. The number of aliphatic hydroxyl groups excluding tert-OH is 1. The number of fused-ring (bicyclic) bond motifs is 1. The fourth-order valence-electron chi connectivity index (χ4n) is 4.17. The Hall–Kier alpha value is -1.99. The summed E-state index contributed by atoms with van der Waals surface area (Å²) in [6.07, 6.45) is 7.37. The molecule has 150 valence electrons. The van der Waals surface area contributed by atoms with Crippen LogP contribution in [0.2, 0.25) is 0 Å². The van der Waals surface area contributed by atoms with Gasteiger partial charge in [0.2, 0.25) is 0 Å². The molecule has 1 aromatic carbocycles. The van der Waals surface area contributed by atoms with E-state index >= 15 is 0 Å². The Bertz CT molecular complexity index is 936. The number of nitrogens with one attached hydrogen (secondary N) is 1. The highest BCUT2D eigenvalue weighted by molar-refractivity contribution is 7.91. The Kier molecular flexibility index (Phi) is 5.64. The van der Waals surface area contributed by atoms with Crippen LogP contribution in [0.4, 0.5) is 11.5 Å². The highest BCUT2D eigenvalue weighted by atomic mass is 32.2. The molecule has 6 nitrogen and oxygen atoms in total. The number of sulfone groups is 1. The second-order valence-corrected chi connectivity index (χ2v) is 9.81. The zero-order chi connectivity index (χ0) is 19.6. The monoisotopic (exact) mass is 401 g/mol. The number of aliphatic hydroxyl groups is 1. The fourth-order valence-corrected chi connectivity index (χ4v) is 5.80. The molecule has 4 rings (SSSR count). The van der Waals surface area contributed by atoms with E-state index in [-0.39, 0.29) is 17.3 Å². The second-order valence-electron chi connectivity index (χ2n) is 7.76. The van der Waals surface area contributed by atoms with Gasteiger partial charge in [0.1, 0.15) is 10.7 Å². The molecule has 2 aliphatic rings. The quantitative estimate of drug-likeness (QED) is 0.769. The molecule has 2 heterocycles. The highest BCUT2D eigenvalue weighted by Crippen LogP contribution is 2.37. The van der Waals surface area contributed by atoms with Gasteiger partial charge < -0.3 is 10.4 Å². The van der Waals surface area contributed by atoms with Crippen LogP contribution in [0.3, 0.4) is 0 Å². The van der Waals surface area contributed by atoms with Crippen molar-refractivity contribution in [3.63, 3.8) is 0 Å². The SMILES string of the molecule is O=S1(=O)CCCc2nc(C3CCCC3)nc(Nc3ccc(CCCO)cc3)c21. The Balaban J connectivity index is 1.69. The van der Waals surface area contributed by atoms with Crippen molar-refractivity contribution in [3.05, 3.63) is 41.3 Å². The number of anilines is 2. The molecule has 0 spiro atoms. The van der Waals surface area contributed by atoms with E-state index in [1.54, 1.807) is 0 Å². The normalized spacial score (nSPS) is 18.8. The lowest BCUT2D eigenvalue weighted by Gasteiger charge is -2.21. The van der Waals surface area contributed by atoms with Crippen molar-refractivity contribution in [2.24, 2.45) is 0 Å². The summed E-state index contributed by atoms with van der Waals surface area (Å²) in [5.41, 5.74) is 2.63. The molecule has 0 amide bonds. The van der Waals surface area contributed by atoms with Crippen molar-refractivity contribution >= 4 is 21.3 Å². The van der Waals surface area contributed by atoms with E-state index in [1.165, 1.54) is 12.8 Å². The third kappa shape index (κ3) is 4.05. The van der Waals surface area contributed by atoms with Gasteiger partial charge in [-0.1, -0.05) is 25.0 Å². The Morgan fingerprint density at radius 2 is 1.82 bits per heavy atom. The number of nitrogens with zero attached hydrogens (tertiary/aromatic N) is 2. The summed E-state index contributed by atoms with van der Waals surface area (Å²) < 4.78 is 25.5. The Morgan fingerprint density at radius 3 is 2.54 bits per heavy atom. The number of hydrogen-bond acceptors (Lipinski definition) is 6. The zero-order valence-electron chi connectivity index (χ0n) is 16.0. The molecular weight excluding hydrogens is 374 g/mol. The molecule has 0 atom stereocenters. The summed E-state index contributed by atoms with van der Waals surface area (Å²) in [6.45, 7) is 0.175. The smallest absolute Gasteiger partial charge is 0.183 e. The molecule has 0 saturated heterocycles. The van der Waals surface area contributed by atoms with Crippen LogP contribution in [0.5, 0.6) is 0 Å². The first-order valence-electron chi connectivity index (χ1n) is 10.2. The van der Waals surface area contributed by atoms with Crippen LogP contribution in [0.25, 0.3) is 0 Å². The Morgan fingerprint density at radius 1 is 1.07 bits per heavy atom. The highest BCUT2D eigenvalue weighted by Gasteiger charge is 2.32. The van der Waals surface area contributed by atoms with Gasteiger partial charge in [0.15, 0.2) is 15.7 Å². The number of rotatable bonds is 6. The fraction of sp³-hybridized carbons (Fsp3) is 0.524. The van der Waals surface area contributed by atoms with Crippen LogP contribution in [0.15, 0.2) is 29.2 Å². The summed E-state index contributed by atoms with van der Waals surface area (Å²) in [7, 11) is -3.37. The summed E-state index contributed by atoms with van der Waals surface area (Å²) in [6, 6.07) is 7.87. The van der Waals surface area contributed by atoms with Crippen LogP contribution in [-0.4, -0.2) is 35.9 Å². The zero-order valence-corrected chi connectivity index (χ0v) is 16.8. The molecule has 0 unspecified atom stereocenters.